The molecule has 0 spiro atoms. The van der Waals surface area contributed by atoms with Crippen molar-refractivity contribution in [3.05, 3.63) is 93.0 Å². The Morgan fingerprint density at radius 3 is 2.27 bits per heavy atom. The number of benzene rings is 3. The summed E-state index contributed by atoms with van der Waals surface area (Å²) in [5, 5.41) is 18.0. The summed E-state index contributed by atoms with van der Waals surface area (Å²) in [4.78, 5) is 10.3. The standard InChI is InChI=1S/C24H26ClN3O4.ClH/c1-2-31-24-15-19(5-12-23(24)32-17-18-3-6-20(25)7-4-18)16-26-13-14-27-21-8-10-22(11-9-21)28(29)30;/h3-12,15,26-27H,2,13-14,16-17H2,1H3;1H. The summed E-state index contributed by atoms with van der Waals surface area (Å²) in [5.41, 5.74) is 3.04. The minimum absolute atomic E-state index is 0. The summed E-state index contributed by atoms with van der Waals surface area (Å²) in [7, 11) is 0. The highest BCUT2D eigenvalue weighted by Gasteiger charge is 2.08. The molecule has 0 aliphatic rings. The molecule has 9 heteroatoms. The van der Waals surface area contributed by atoms with Gasteiger partial charge in [0.1, 0.15) is 6.61 Å². The lowest BCUT2D eigenvalue weighted by atomic mass is 10.2. The van der Waals surface area contributed by atoms with E-state index >= 15 is 0 Å². The maximum absolute atomic E-state index is 10.7. The van der Waals surface area contributed by atoms with E-state index in [9.17, 15) is 10.1 Å². The number of hydrogen-bond donors (Lipinski definition) is 2. The first-order valence-electron chi connectivity index (χ1n) is 10.4. The molecule has 3 rings (SSSR count). The maximum Gasteiger partial charge on any atom is 0.269 e. The molecule has 0 saturated carbocycles. The van der Waals surface area contributed by atoms with Crippen molar-refractivity contribution in [2.75, 3.05) is 25.0 Å². The number of rotatable bonds is 12. The number of nitro groups is 1. The number of nitrogens with one attached hydrogen (secondary N) is 2. The molecule has 7 nitrogen and oxygen atoms in total. The fourth-order valence-corrected chi connectivity index (χ4v) is 3.15. The van der Waals surface area contributed by atoms with Gasteiger partial charge in [-0.3, -0.25) is 10.1 Å². The molecule has 0 heterocycles. The first kappa shape index (κ1) is 26.3. The van der Waals surface area contributed by atoms with Crippen molar-refractivity contribution in [3.63, 3.8) is 0 Å². The van der Waals surface area contributed by atoms with Crippen LogP contribution in [0.15, 0.2) is 66.7 Å². The highest BCUT2D eigenvalue weighted by molar-refractivity contribution is 6.30. The molecular weight excluding hydrogens is 465 g/mol. The van der Waals surface area contributed by atoms with Crippen LogP contribution < -0.4 is 20.1 Å². The number of ether oxygens (including phenoxy) is 2. The van der Waals surface area contributed by atoms with E-state index in [0.717, 1.165) is 23.4 Å². The van der Waals surface area contributed by atoms with Gasteiger partial charge < -0.3 is 20.1 Å². The Kier molecular flexibility index (Phi) is 10.8. The van der Waals surface area contributed by atoms with E-state index in [1.54, 1.807) is 12.1 Å². The van der Waals surface area contributed by atoms with Gasteiger partial charge in [-0.05, 0) is 54.4 Å². The highest BCUT2D eigenvalue weighted by atomic mass is 35.5. The van der Waals surface area contributed by atoms with Crippen molar-refractivity contribution < 1.29 is 14.4 Å². The summed E-state index contributed by atoms with van der Waals surface area (Å²) in [6, 6.07) is 19.9. The molecule has 176 valence electrons. The Bertz CT molecular complexity index is 1020. The molecule has 0 amide bonds. The molecule has 0 aromatic heterocycles. The van der Waals surface area contributed by atoms with Crippen molar-refractivity contribution in [1.29, 1.82) is 0 Å². The van der Waals surface area contributed by atoms with Crippen molar-refractivity contribution >= 4 is 35.4 Å². The molecule has 0 aliphatic heterocycles. The van der Waals surface area contributed by atoms with Gasteiger partial charge in [-0.2, -0.15) is 0 Å². The molecule has 0 aliphatic carbocycles. The van der Waals surface area contributed by atoms with Crippen molar-refractivity contribution in [3.8, 4) is 11.5 Å². The monoisotopic (exact) mass is 491 g/mol. The molecule has 0 atom stereocenters. The highest BCUT2D eigenvalue weighted by Crippen LogP contribution is 2.29. The van der Waals surface area contributed by atoms with E-state index in [2.05, 4.69) is 10.6 Å². The van der Waals surface area contributed by atoms with Crippen LogP contribution in [0.5, 0.6) is 11.5 Å². The van der Waals surface area contributed by atoms with Crippen LogP contribution in [0.1, 0.15) is 18.1 Å². The SMILES string of the molecule is CCOc1cc(CNCCNc2ccc([N+](=O)[O-])cc2)ccc1OCc1ccc(Cl)cc1.Cl. The number of halogens is 2. The second kappa shape index (κ2) is 13.5. The van der Waals surface area contributed by atoms with Crippen LogP contribution in [-0.2, 0) is 13.2 Å². The third-order valence-electron chi connectivity index (χ3n) is 4.65. The molecular formula is C24H27Cl2N3O4. The number of non-ortho nitro benzene ring substituents is 1. The molecule has 0 bridgehead atoms. The number of hydrogen-bond acceptors (Lipinski definition) is 6. The average molecular weight is 492 g/mol. The third kappa shape index (κ3) is 8.46. The predicted molar refractivity (Wildman–Crippen MR) is 134 cm³/mol. The molecule has 0 saturated heterocycles. The lowest BCUT2D eigenvalue weighted by Gasteiger charge is -2.14. The van der Waals surface area contributed by atoms with E-state index in [1.165, 1.54) is 12.1 Å². The van der Waals surface area contributed by atoms with Crippen molar-refractivity contribution in [2.45, 2.75) is 20.1 Å². The second-order valence-electron chi connectivity index (χ2n) is 7.04. The van der Waals surface area contributed by atoms with E-state index in [1.807, 2.05) is 49.4 Å². The normalized spacial score (nSPS) is 10.2. The molecule has 33 heavy (non-hydrogen) atoms. The van der Waals surface area contributed by atoms with Crippen LogP contribution in [-0.4, -0.2) is 24.6 Å². The summed E-state index contributed by atoms with van der Waals surface area (Å²) in [6.07, 6.45) is 0. The van der Waals surface area contributed by atoms with Crippen LogP contribution >= 0.6 is 24.0 Å². The van der Waals surface area contributed by atoms with Gasteiger partial charge >= 0.3 is 0 Å². The van der Waals surface area contributed by atoms with E-state index in [4.69, 9.17) is 21.1 Å². The van der Waals surface area contributed by atoms with E-state index < -0.39 is 4.92 Å². The zero-order valence-corrected chi connectivity index (χ0v) is 19.8. The Labute approximate surface area is 204 Å². The van der Waals surface area contributed by atoms with E-state index in [0.29, 0.717) is 42.8 Å². The zero-order valence-electron chi connectivity index (χ0n) is 18.3. The molecule has 3 aromatic rings. The van der Waals surface area contributed by atoms with E-state index in [-0.39, 0.29) is 18.1 Å². The summed E-state index contributed by atoms with van der Waals surface area (Å²) in [5.74, 6) is 1.41. The minimum atomic E-state index is -0.407. The minimum Gasteiger partial charge on any atom is -0.490 e. The quantitative estimate of drug-likeness (QED) is 0.188. The predicted octanol–water partition coefficient (Wildman–Crippen LogP) is 5.85. The first-order chi connectivity index (χ1) is 15.5. The summed E-state index contributed by atoms with van der Waals surface area (Å²) >= 11 is 5.93. The maximum atomic E-state index is 10.7. The number of nitrogens with zero attached hydrogens (tertiary/aromatic N) is 1. The Hall–Kier alpha value is -3.00. The molecule has 0 unspecified atom stereocenters. The van der Waals surface area contributed by atoms with Gasteiger partial charge in [-0.1, -0.05) is 29.8 Å². The van der Waals surface area contributed by atoms with Crippen LogP contribution in [0.4, 0.5) is 11.4 Å². The fourth-order valence-electron chi connectivity index (χ4n) is 3.02. The van der Waals surface area contributed by atoms with Gasteiger partial charge in [0.05, 0.1) is 11.5 Å². The smallest absolute Gasteiger partial charge is 0.269 e. The molecule has 3 aromatic carbocycles. The van der Waals surface area contributed by atoms with Crippen LogP contribution in [0.2, 0.25) is 5.02 Å². The lowest BCUT2D eigenvalue weighted by molar-refractivity contribution is -0.384. The van der Waals surface area contributed by atoms with Gasteiger partial charge in [-0.15, -0.1) is 12.4 Å². The van der Waals surface area contributed by atoms with Crippen LogP contribution in [0.3, 0.4) is 0 Å². The number of anilines is 1. The third-order valence-corrected chi connectivity index (χ3v) is 4.91. The van der Waals surface area contributed by atoms with Gasteiger partial charge in [0, 0.05) is 42.5 Å². The largest absolute Gasteiger partial charge is 0.490 e. The second-order valence-corrected chi connectivity index (χ2v) is 7.47. The Morgan fingerprint density at radius 1 is 0.909 bits per heavy atom. The Balaban J connectivity index is 0.00000385. The van der Waals surface area contributed by atoms with Crippen molar-refractivity contribution in [1.82, 2.24) is 5.32 Å². The van der Waals surface area contributed by atoms with Gasteiger partial charge in [-0.25, -0.2) is 0 Å². The summed E-state index contributed by atoms with van der Waals surface area (Å²) < 4.78 is 11.7. The van der Waals surface area contributed by atoms with Gasteiger partial charge in [0.2, 0.25) is 0 Å². The molecule has 2 N–H and O–H groups in total. The van der Waals surface area contributed by atoms with Gasteiger partial charge in [0.15, 0.2) is 11.5 Å². The Morgan fingerprint density at radius 2 is 1.61 bits per heavy atom. The van der Waals surface area contributed by atoms with Crippen LogP contribution in [0.25, 0.3) is 0 Å². The van der Waals surface area contributed by atoms with Gasteiger partial charge in [0.25, 0.3) is 5.69 Å². The first-order valence-corrected chi connectivity index (χ1v) is 10.7. The fraction of sp³-hybridized carbons (Fsp3) is 0.250. The van der Waals surface area contributed by atoms with Crippen LogP contribution in [0, 0.1) is 10.1 Å². The average Bonchev–Trinajstić information content (AvgIpc) is 2.80. The van der Waals surface area contributed by atoms with Crippen molar-refractivity contribution in [2.24, 2.45) is 0 Å². The molecule has 0 radical (unpaired) electrons. The molecule has 0 fully saturated rings. The zero-order chi connectivity index (χ0) is 22.8. The lowest BCUT2D eigenvalue weighted by Crippen LogP contribution is -2.21. The summed E-state index contributed by atoms with van der Waals surface area (Å²) in [6.45, 7) is 5.03. The number of nitro benzene ring substituents is 1. The topological polar surface area (TPSA) is 85.7 Å².